The zero-order chi connectivity index (χ0) is 15.4. The van der Waals surface area contributed by atoms with Crippen molar-refractivity contribution in [2.24, 2.45) is 5.92 Å². The molecule has 118 valence electrons. The maximum absolute atomic E-state index is 12.1. The zero-order valence-electron chi connectivity index (χ0n) is 12.5. The number of hydrogen-bond acceptors (Lipinski definition) is 7. The molecule has 3 heterocycles. The van der Waals surface area contributed by atoms with Crippen molar-refractivity contribution in [2.75, 3.05) is 25.0 Å². The van der Waals surface area contributed by atoms with Gasteiger partial charge in [-0.3, -0.25) is 19.7 Å². The van der Waals surface area contributed by atoms with Gasteiger partial charge in [0.15, 0.2) is 0 Å². The summed E-state index contributed by atoms with van der Waals surface area (Å²) in [5.74, 6) is 0.476. The Kier molecular flexibility index (Phi) is 4.74. The maximum Gasteiger partial charge on any atom is 0.240 e. The molecule has 1 aliphatic rings. The molecule has 2 aromatic heterocycles. The lowest BCUT2D eigenvalue weighted by Crippen LogP contribution is -2.41. The number of anilines is 1. The molecule has 8 nitrogen and oxygen atoms in total. The second kappa shape index (κ2) is 6.93. The van der Waals surface area contributed by atoms with Gasteiger partial charge >= 0.3 is 0 Å². The summed E-state index contributed by atoms with van der Waals surface area (Å²) in [6, 6.07) is 0. The van der Waals surface area contributed by atoms with Crippen LogP contribution in [0.15, 0.2) is 12.7 Å². The number of nitrogens with zero attached hydrogens (tertiary/aromatic N) is 6. The van der Waals surface area contributed by atoms with Gasteiger partial charge < -0.3 is 0 Å². The molecule has 1 atom stereocenters. The topological polar surface area (TPSA) is 88.8 Å². The minimum Gasteiger partial charge on any atom is -0.299 e. The molecule has 0 aliphatic carbocycles. The summed E-state index contributed by atoms with van der Waals surface area (Å²) in [5, 5.41) is 16.2. The van der Waals surface area contributed by atoms with Gasteiger partial charge in [0.1, 0.15) is 17.7 Å². The van der Waals surface area contributed by atoms with Crippen molar-refractivity contribution in [3.8, 4) is 0 Å². The van der Waals surface area contributed by atoms with Gasteiger partial charge in [-0.25, -0.2) is 4.98 Å². The molecule has 1 saturated heterocycles. The third-order valence-electron chi connectivity index (χ3n) is 3.65. The fourth-order valence-electron chi connectivity index (χ4n) is 2.74. The highest BCUT2D eigenvalue weighted by atomic mass is 32.1. The van der Waals surface area contributed by atoms with E-state index in [1.54, 1.807) is 12.7 Å². The average molecular weight is 321 g/mol. The van der Waals surface area contributed by atoms with Gasteiger partial charge in [0.05, 0.1) is 6.54 Å². The molecule has 22 heavy (non-hydrogen) atoms. The molecule has 1 unspecified atom stereocenters. The number of aromatic nitrogens is 5. The summed E-state index contributed by atoms with van der Waals surface area (Å²) >= 11 is 1.39. The number of amides is 1. The van der Waals surface area contributed by atoms with E-state index in [9.17, 15) is 4.79 Å². The van der Waals surface area contributed by atoms with Gasteiger partial charge in [-0.2, -0.15) is 5.10 Å². The minimum absolute atomic E-state index is 0.0300. The van der Waals surface area contributed by atoms with Gasteiger partial charge in [0, 0.05) is 13.1 Å². The summed E-state index contributed by atoms with van der Waals surface area (Å²) in [6.45, 7) is 4.98. The van der Waals surface area contributed by atoms with Crippen molar-refractivity contribution in [2.45, 2.75) is 26.3 Å². The van der Waals surface area contributed by atoms with Crippen molar-refractivity contribution >= 4 is 22.4 Å². The second-order valence-electron chi connectivity index (χ2n) is 5.54. The van der Waals surface area contributed by atoms with Crippen LogP contribution in [0.5, 0.6) is 0 Å². The van der Waals surface area contributed by atoms with Crippen molar-refractivity contribution in [3.05, 3.63) is 17.7 Å². The lowest BCUT2D eigenvalue weighted by atomic mass is 9.98. The lowest BCUT2D eigenvalue weighted by Gasteiger charge is -2.31. The third kappa shape index (κ3) is 4.08. The number of nitrogens with one attached hydrogen (secondary N) is 1. The van der Waals surface area contributed by atoms with Crippen LogP contribution in [-0.2, 0) is 11.3 Å². The molecule has 3 rings (SSSR count). The van der Waals surface area contributed by atoms with Crippen LogP contribution in [-0.4, -0.2) is 55.4 Å². The highest BCUT2D eigenvalue weighted by Crippen LogP contribution is 2.18. The monoisotopic (exact) mass is 321 g/mol. The minimum atomic E-state index is -0.0300. The van der Waals surface area contributed by atoms with Gasteiger partial charge in [0.2, 0.25) is 11.0 Å². The summed E-state index contributed by atoms with van der Waals surface area (Å²) in [5.41, 5.74) is 0. The Morgan fingerprint density at radius 3 is 3.14 bits per heavy atom. The van der Waals surface area contributed by atoms with Crippen molar-refractivity contribution in [1.29, 1.82) is 0 Å². The zero-order valence-corrected chi connectivity index (χ0v) is 13.3. The smallest absolute Gasteiger partial charge is 0.240 e. The molecule has 1 aliphatic heterocycles. The van der Waals surface area contributed by atoms with E-state index in [1.807, 2.05) is 11.6 Å². The molecule has 9 heteroatoms. The number of likely N-dealkylation sites (tertiary alicyclic amines) is 1. The van der Waals surface area contributed by atoms with Crippen molar-refractivity contribution in [1.82, 2.24) is 29.9 Å². The number of rotatable bonds is 5. The van der Waals surface area contributed by atoms with E-state index in [-0.39, 0.29) is 5.91 Å². The molecule has 1 N–H and O–H groups in total. The molecular formula is C13H19N7OS. The van der Waals surface area contributed by atoms with E-state index in [2.05, 4.69) is 30.5 Å². The van der Waals surface area contributed by atoms with E-state index in [1.165, 1.54) is 11.3 Å². The molecule has 0 saturated carbocycles. The Labute approximate surface area is 132 Å². The van der Waals surface area contributed by atoms with Crippen LogP contribution >= 0.6 is 11.3 Å². The first-order chi connectivity index (χ1) is 10.7. The van der Waals surface area contributed by atoms with Crippen LogP contribution in [0.4, 0.5) is 5.13 Å². The largest absolute Gasteiger partial charge is 0.299 e. The predicted octanol–water partition coefficient (Wildman–Crippen LogP) is 0.789. The molecule has 1 fully saturated rings. The molecule has 2 aromatic rings. The highest BCUT2D eigenvalue weighted by molar-refractivity contribution is 7.15. The van der Waals surface area contributed by atoms with Crippen LogP contribution in [0.3, 0.4) is 0 Å². The van der Waals surface area contributed by atoms with Gasteiger partial charge in [-0.05, 0) is 32.2 Å². The van der Waals surface area contributed by atoms with E-state index in [0.29, 0.717) is 17.6 Å². The summed E-state index contributed by atoms with van der Waals surface area (Å²) in [7, 11) is 0. The molecular weight excluding hydrogens is 302 g/mol. The van der Waals surface area contributed by atoms with Crippen LogP contribution in [0.1, 0.15) is 17.8 Å². The molecule has 0 aromatic carbocycles. The Hall–Kier alpha value is -1.87. The highest BCUT2D eigenvalue weighted by Gasteiger charge is 2.22. The second-order valence-corrected chi connectivity index (χ2v) is 6.72. The third-order valence-corrected chi connectivity index (χ3v) is 4.41. The van der Waals surface area contributed by atoms with Crippen molar-refractivity contribution < 1.29 is 4.79 Å². The first kappa shape index (κ1) is 15.0. The first-order valence-corrected chi connectivity index (χ1v) is 8.15. The van der Waals surface area contributed by atoms with Gasteiger partial charge in [-0.15, -0.1) is 10.2 Å². The van der Waals surface area contributed by atoms with E-state index < -0.39 is 0 Å². The quantitative estimate of drug-likeness (QED) is 0.876. The molecule has 1 amide bonds. The number of hydrogen-bond donors (Lipinski definition) is 1. The van der Waals surface area contributed by atoms with Crippen molar-refractivity contribution in [3.63, 3.8) is 0 Å². The predicted molar refractivity (Wildman–Crippen MR) is 82.5 cm³/mol. The van der Waals surface area contributed by atoms with Gasteiger partial charge in [0.25, 0.3) is 0 Å². The number of carbonyl (C=O) groups excluding carboxylic acids is 1. The first-order valence-electron chi connectivity index (χ1n) is 7.34. The standard InChI is InChI=1S/C13H19N7OS/c1-10-17-18-13(22-10)16-12(21)7-19-4-2-3-11(5-19)6-20-9-14-8-15-20/h8-9,11H,2-7H2,1H3,(H,16,18,21). The summed E-state index contributed by atoms with van der Waals surface area (Å²) in [6.07, 6.45) is 5.56. The van der Waals surface area contributed by atoms with Crippen LogP contribution in [0, 0.1) is 12.8 Å². The molecule has 0 bridgehead atoms. The summed E-state index contributed by atoms with van der Waals surface area (Å²) < 4.78 is 1.86. The van der Waals surface area contributed by atoms with E-state index in [0.717, 1.165) is 37.5 Å². The normalized spacial score (nSPS) is 19.2. The van der Waals surface area contributed by atoms with Crippen LogP contribution < -0.4 is 5.32 Å². The van der Waals surface area contributed by atoms with Crippen LogP contribution in [0.2, 0.25) is 0 Å². The Morgan fingerprint density at radius 2 is 2.41 bits per heavy atom. The lowest BCUT2D eigenvalue weighted by molar-refractivity contribution is -0.117. The number of piperidine rings is 1. The Bertz CT molecular complexity index is 612. The van der Waals surface area contributed by atoms with Gasteiger partial charge in [-0.1, -0.05) is 11.3 Å². The maximum atomic E-state index is 12.1. The fraction of sp³-hybridized carbons (Fsp3) is 0.615. The SMILES string of the molecule is Cc1nnc(NC(=O)CN2CCCC(Cn3cncn3)C2)s1. The van der Waals surface area contributed by atoms with Crippen LogP contribution in [0.25, 0.3) is 0 Å². The van der Waals surface area contributed by atoms with E-state index in [4.69, 9.17) is 0 Å². The Balaban J connectivity index is 1.48. The fourth-order valence-corrected chi connectivity index (χ4v) is 3.35. The molecule has 0 radical (unpaired) electrons. The number of carbonyl (C=O) groups is 1. The van der Waals surface area contributed by atoms with E-state index >= 15 is 0 Å². The summed E-state index contributed by atoms with van der Waals surface area (Å²) in [4.78, 5) is 18.2. The molecule has 0 spiro atoms. The number of aryl methyl sites for hydroxylation is 1. The Morgan fingerprint density at radius 1 is 1.50 bits per heavy atom. The average Bonchev–Trinajstić information content (AvgIpc) is 3.11.